The van der Waals surface area contributed by atoms with Crippen molar-refractivity contribution in [3.8, 4) is 17.2 Å². The smallest absolute Gasteiger partial charge is 0.197 e. The quantitative estimate of drug-likeness (QED) is 0.183. The minimum atomic E-state index is 0.660. The molecule has 0 spiro atoms. The standard InChI is InChI=1S/C48H26N4O/c1-2-12-28-23-31(22-21-27(28)11-1)47-49-44-34-17-7-10-20-41(34)53-46(44)48(50-47)52-39-25-30-14-4-3-13-29(30)24-36(39)42-40(52)26-35-32-15-5-8-18-37(32)51-38-19-9-6-16-33(38)43(42)45(35)51/h1-26H. The third-order valence-corrected chi connectivity index (χ3v) is 11.4. The van der Waals surface area contributed by atoms with Crippen LogP contribution in [-0.4, -0.2) is 18.9 Å². The maximum atomic E-state index is 6.77. The number of furan rings is 1. The monoisotopic (exact) mass is 674 g/mol. The highest BCUT2D eigenvalue weighted by molar-refractivity contribution is 6.36. The lowest BCUT2D eigenvalue weighted by atomic mass is 10.0. The molecule has 5 nitrogen and oxygen atoms in total. The lowest BCUT2D eigenvalue weighted by Gasteiger charge is -2.11. The predicted octanol–water partition coefficient (Wildman–Crippen LogP) is 12.6. The van der Waals surface area contributed by atoms with Gasteiger partial charge in [0.05, 0.1) is 27.6 Å². The van der Waals surface area contributed by atoms with Crippen LogP contribution in [0.2, 0.25) is 0 Å². The van der Waals surface area contributed by atoms with Gasteiger partial charge in [0.15, 0.2) is 17.2 Å². The fourth-order valence-electron chi connectivity index (χ4n) is 9.11. The van der Waals surface area contributed by atoms with Crippen LogP contribution in [0.3, 0.4) is 0 Å². The molecule has 0 fully saturated rings. The molecule has 5 heteroatoms. The second kappa shape index (κ2) is 9.75. The summed E-state index contributed by atoms with van der Waals surface area (Å²) in [5, 5.41) is 13.0. The Bertz CT molecular complexity index is 3700. The molecule has 0 atom stereocenters. The molecule has 5 aromatic heterocycles. The van der Waals surface area contributed by atoms with Crippen molar-refractivity contribution in [1.29, 1.82) is 0 Å². The lowest BCUT2D eigenvalue weighted by molar-refractivity contribution is 0.662. The third-order valence-electron chi connectivity index (χ3n) is 11.4. The highest BCUT2D eigenvalue weighted by atomic mass is 16.3. The fraction of sp³-hybridized carbons (Fsp3) is 0. The summed E-state index contributed by atoms with van der Waals surface area (Å²) in [5.41, 5.74) is 9.06. The third kappa shape index (κ3) is 3.51. The minimum absolute atomic E-state index is 0.660. The van der Waals surface area contributed by atoms with E-state index in [9.17, 15) is 0 Å². The van der Waals surface area contributed by atoms with E-state index >= 15 is 0 Å². The highest BCUT2D eigenvalue weighted by Crippen LogP contribution is 2.48. The molecule has 0 bridgehead atoms. The molecule has 0 aliphatic rings. The van der Waals surface area contributed by atoms with Crippen LogP contribution in [0.15, 0.2) is 162 Å². The summed E-state index contributed by atoms with van der Waals surface area (Å²) in [4.78, 5) is 10.7. The van der Waals surface area contributed by atoms with Crippen molar-refractivity contribution < 1.29 is 4.42 Å². The largest absolute Gasteiger partial charge is 0.450 e. The molecular weight excluding hydrogens is 649 g/mol. The van der Waals surface area contributed by atoms with E-state index in [1.807, 2.05) is 18.2 Å². The van der Waals surface area contributed by atoms with Gasteiger partial charge in [-0.3, -0.25) is 4.57 Å². The maximum absolute atomic E-state index is 6.77. The molecule has 0 N–H and O–H groups in total. The molecule has 0 aliphatic heterocycles. The SMILES string of the molecule is c1ccc2cc(-c3nc(-n4c5cc6ccccc6cc5c5c6c7ccccc7n7c8ccccc8c(cc54)c67)c4oc5ccccc5c4n3)ccc2c1. The summed E-state index contributed by atoms with van der Waals surface area (Å²) in [6, 6.07) is 56.4. The van der Waals surface area contributed by atoms with Crippen LogP contribution in [0.1, 0.15) is 0 Å². The van der Waals surface area contributed by atoms with Gasteiger partial charge in [0.1, 0.15) is 11.1 Å². The molecule has 53 heavy (non-hydrogen) atoms. The van der Waals surface area contributed by atoms with E-state index in [1.54, 1.807) is 0 Å². The van der Waals surface area contributed by atoms with E-state index in [4.69, 9.17) is 14.4 Å². The number of rotatable bonds is 2. The summed E-state index contributed by atoms with van der Waals surface area (Å²) >= 11 is 0. The molecule has 244 valence electrons. The first-order chi connectivity index (χ1) is 26.3. The Kier molecular flexibility index (Phi) is 5.06. The predicted molar refractivity (Wildman–Crippen MR) is 219 cm³/mol. The lowest BCUT2D eigenvalue weighted by Crippen LogP contribution is -2.02. The number of fused-ring (bicyclic) bond motifs is 15. The topological polar surface area (TPSA) is 48.3 Å². The van der Waals surface area contributed by atoms with Crippen molar-refractivity contribution in [3.05, 3.63) is 158 Å². The van der Waals surface area contributed by atoms with Crippen molar-refractivity contribution in [3.63, 3.8) is 0 Å². The summed E-state index contributed by atoms with van der Waals surface area (Å²) in [7, 11) is 0. The van der Waals surface area contributed by atoms with Gasteiger partial charge >= 0.3 is 0 Å². The van der Waals surface area contributed by atoms with Crippen molar-refractivity contribution in [1.82, 2.24) is 18.9 Å². The van der Waals surface area contributed by atoms with Gasteiger partial charge in [0.25, 0.3) is 0 Å². The van der Waals surface area contributed by atoms with Crippen molar-refractivity contribution in [2.75, 3.05) is 0 Å². The van der Waals surface area contributed by atoms with Crippen LogP contribution >= 0.6 is 0 Å². The van der Waals surface area contributed by atoms with E-state index < -0.39 is 0 Å². The Hall–Kier alpha value is -7.24. The van der Waals surface area contributed by atoms with Crippen LogP contribution < -0.4 is 0 Å². The molecule has 13 rings (SSSR count). The first-order valence-corrected chi connectivity index (χ1v) is 18.0. The van der Waals surface area contributed by atoms with Crippen molar-refractivity contribution >= 4 is 104 Å². The average Bonchev–Trinajstić information content (AvgIpc) is 3.95. The van der Waals surface area contributed by atoms with Gasteiger partial charge < -0.3 is 8.82 Å². The number of aromatic nitrogens is 4. The molecule has 0 amide bonds. The zero-order valence-electron chi connectivity index (χ0n) is 28.2. The second-order valence-electron chi connectivity index (χ2n) is 14.2. The molecular formula is C48H26N4O. The van der Waals surface area contributed by atoms with Gasteiger partial charge in [0, 0.05) is 43.3 Å². The highest BCUT2D eigenvalue weighted by Gasteiger charge is 2.27. The Balaban J connectivity index is 1.28. The van der Waals surface area contributed by atoms with Crippen LogP contribution in [0.25, 0.3) is 121 Å². The molecule has 13 aromatic rings. The zero-order valence-corrected chi connectivity index (χ0v) is 28.2. The van der Waals surface area contributed by atoms with Gasteiger partial charge in [-0.2, -0.15) is 0 Å². The molecule has 0 saturated heterocycles. The number of nitrogens with zero attached hydrogens (tertiary/aromatic N) is 4. The summed E-state index contributed by atoms with van der Waals surface area (Å²) < 4.78 is 11.6. The van der Waals surface area contributed by atoms with Gasteiger partial charge in [-0.1, -0.05) is 109 Å². The molecule has 0 aliphatic carbocycles. The molecule has 0 saturated carbocycles. The van der Waals surface area contributed by atoms with Crippen LogP contribution in [-0.2, 0) is 0 Å². The summed E-state index contributed by atoms with van der Waals surface area (Å²) in [6.45, 7) is 0. The normalized spacial score (nSPS) is 12.5. The van der Waals surface area contributed by atoms with Gasteiger partial charge in [-0.15, -0.1) is 0 Å². The zero-order chi connectivity index (χ0) is 34.4. The van der Waals surface area contributed by atoms with Gasteiger partial charge in [-0.05, 0) is 70.1 Å². The van der Waals surface area contributed by atoms with Gasteiger partial charge in [-0.25, -0.2) is 9.97 Å². The minimum Gasteiger partial charge on any atom is -0.450 e. The van der Waals surface area contributed by atoms with E-state index in [0.29, 0.717) is 11.4 Å². The molecule has 0 radical (unpaired) electrons. The molecule has 0 unspecified atom stereocenters. The number of para-hydroxylation sites is 3. The Labute approximate surface area is 300 Å². The Morgan fingerprint density at radius 3 is 1.92 bits per heavy atom. The second-order valence-corrected chi connectivity index (χ2v) is 14.2. The number of hydrogen-bond donors (Lipinski definition) is 0. The van der Waals surface area contributed by atoms with Crippen LogP contribution in [0, 0.1) is 0 Å². The van der Waals surface area contributed by atoms with E-state index in [2.05, 4.69) is 148 Å². The first kappa shape index (κ1) is 27.5. The number of benzene rings is 8. The Morgan fingerprint density at radius 1 is 0.434 bits per heavy atom. The van der Waals surface area contributed by atoms with Crippen LogP contribution in [0.4, 0.5) is 0 Å². The summed E-state index contributed by atoms with van der Waals surface area (Å²) in [6.07, 6.45) is 0. The fourth-order valence-corrected chi connectivity index (χ4v) is 9.11. The first-order valence-electron chi connectivity index (χ1n) is 18.0. The number of hydrogen-bond acceptors (Lipinski definition) is 3. The maximum Gasteiger partial charge on any atom is 0.197 e. The Morgan fingerprint density at radius 2 is 1.09 bits per heavy atom. The van der Waals surface area contributed by atoms with E-state index in [1.165, 1.54) is 65.0 Å². The van der Waals surface area contributed by atoms with E-state index in [-0.39, 0.29) is 0 Å². The van der Waals surface area contributed by atoms with Crippen molar-refractivity contribution in [2.24, 2.45) is 0 Å². The van der Waals surface area contributed by atoms with Crippen molar-refractivity contribution in [2.45, 2.75) is 0 Å². The molecule has 5 heterocycles. The molecule has 8 aromatic carbocycles. The van der Waals surface area contributed by atoms with Gasteiger partial charge in [0.2, 0.25) is 0 Å². The van der Waals surface area contributed by atoms with Crippen LogP contribution in [0.5, 0.6) is 0 Å². The summed E-state index contributed by atoms with van der Waals surface area (Å²) in [5.74, 6) is 1.39. The van der Waals surface area contributed by atoms with E-state index in [0.717, 1.165) is 44.3 Å². The average molecular weight is 675 g/mol.